The van der Waals surface area contributed by atoms with E-state index in [1.54, 1.807) is 25.1 Å². The van der Waals surface area contributed by atoms with Crippen LogP contribution in [-0.4, -0.2) is 37.3 Å². The van der Waals surface area contributed by atoms with Crippen LogP contribution in [0.2, 0.25) is 0 Å². The van der Waals surface area contributed by atoms with Crippen molar-refractivity contribution >= 4 is 17.6 Å². The number of hydrogen-bond donors (Lipinski definition) is 1. The lowest BCUT2D eigenvalue weighted by Crippen LogP contribution is -2.44. The number of carbonyl (C=O) groups excluding carboxylic acids is 2. The summed E-state index contributed by atoms with van der Waals surface area (Å²) in [6, 6.07) is 4.96. The highest BCUT2D eigenvalue weighted by Gasteiger charge is 2.35. The SMILES string of the molecule is CCO[C@@](C)(CC(C)C)C(=O)Nc1ccc(O[C@H](C)CC)c(C(=O)OC)c1. The first-order chi connectivity index (χ1) is 12.7. The molecule has 0 saturated carbocycles. The number of benzene rings is 1. The summed E-state index contributed by atoms with van der Waals surface area (Å²) >= 11 is 0. The van der Waals surface area contributed by atoms with Crippen LogP contribution in [0.1, 0.15) is 64.7 Å². The Labute approximate surface area is 162 Å². The van der Waals surface area contributed by atoms with Gasteiger partial charge in [0.15, 0.2) is 0 Å². The summed E-state index contributed by atoms with van der Waals surface area (Å²) in [6.45, 7) is 12.1. The molecular weight excluding hydrogens is 346 g/mol. The van der Waals surface area contributed by atoms with E-state index in [1.807, 2.05) is 34.6 Å². The van der Waals surface area contributed by atoms with E-state index in [4.69, 9.17) is 14.2 Å². The molecule has 0 saturated heterocycles. The fourth-order valence-corrected chi connectivity index (χ4v) is 2.86. The predicted molar refractivity (Wildman–Crippen MR) is 106 cm³/mol. The zero-order chi connectivity index (χ0) is 20.6. The normalized spacial score (nSPS) is 14.4. The van der Waals surface area contributed by atoms with Crippen LogP contribution in [0.15, 0.2) is 18.2 Å². The second-order valence-electron chi connectivity index (χ2n) is 7.26. The van der Waals surface area contributed by atoms with Crippen LogP contribution < -0.4 is 10.1 Å². The van der Waals surface area contributed by atoms with Crippen LogP contribution in [0.5, 0.6) is 5.75 Å². The fourth-order valence-electron chi connectivity index (χ4n) is 2.86. The first kappa shape index (κ1) is 23.0. The third-order valence-electron chi connectivity index (χ3n) is 4.29. The topological polar surface area (TPSA) is 73.9 Å². The molecule has 1 amide bonds. The molecule has 6 heteroatoms. The Hall–Kier alpha value is -2.08. The van der Waals surface area contributed by atoms with Crippen LogP contribution in [0.25, 0.3) is 0 Å². The smallest absolute Gasteiger partial charge is 0.341 e. The molecule has 0 unspecified atom stereocenters. The number of esters is 1. The lowest BCUT2D eigenvalue weighted by Gasteiger charge is -2.30. The number of carbonyl (C=O) groups is 2. The van der Waals surface area contributed by atoms with Gasteiger partial charge in [-0.05, 0) is 57.7 Å². The van der Waals surface area contributed by atoms with Gasteiger partial charge in [0.1, 0.15) is 16.9 Å². The van der Waals surface area contributed by atoms with E-state index < -0.39 is 11.6 Å². The zero-order valence-electron chi connectivity index (χ0n) is 17.5. The van der Waals surface area contributed by atoms with Crippen LogP contribution in [0, 0.1) is 5.92 Å². The standard InChI is InChI=1S/C21H33NO5/c1-8-15(5)27-18-11-10-16(12-17(18)19(23)25-7)22-20(24)21(6,26-9-2)13-14(3)4/h10-12,14-15H,8-9,13H2,1-7H3,(H,22,24)/t15-,21+/m1/s1. The third kappa shape index (κ3) is 6.54. The van der Waals surface area contributed by atoms with Gasteiger partial charge in [0.05, 0.1) is 13.2 Å². The Kier molecular flexibility index (Phi) is 8.76. The summed E-state index contributed by atoms with van der Waals surface area (Å²) in [5, 5.41) is 2.86. The summed E-state index contributed by atoms with van der Waals surface area (Å²) in [4.78, 5) is 25.0. The molecular formula is C21H33NO5. The van der Waals surface area contributed by atoms with E-state index >= 15 is 0 Å². The van der Waals surface area contributed by atoms with E-state index in [9.17, 15) is 9.59 Å². The largest absolute Gasteiger partial charge is 0.490 e. The highest BCUT2D eigenvalue weighted by atomic mass is 16.5. The van der Waals surface area contributed by atoms with Crippen molar-refractivity contribution in [2.75, 3.05) is 19.0 Å². The van der Waals surface area contributed by atoms with Gasteiger partial charge in [-0.15, -0.1) is 0 Å². The first-order valence-electron chi connectivity index (χ1n) is 9.51. The van der Waals surface area contributed by atoms with Crippen molar-refractivity contribution in [3.05, 3.63) is 23.8 Å². The first-order valence-corrected chi connectivity index (χ1v) is 9.51. The number of methoxy groups -OCH3 is 1. The zero-order valence-corrected chi connectivity index (χ0v) is 17.5. The molecule has 0 aliphatic heterocycles. The number of anilines is 1. The van der Waals surface area contributed by atoms with Gasteiger partial charge in [-0.3, -0.25) is 4.79 Å². The molecule has 1 aromatic carbocycles. The van der Waals surface area contributed by atoms with E-state index in [1.165, 1.54) is 7.11 Å². The summed E-state index contributed by atoms with van der Waals surface area (Å²) in [5.74, 6) is -0.0307. The minimum Gasteiger partial charge on any atom is -0.490 e. The summed E-state index contributed by atoms with van der Waals surface area (Å²) in [5.41, 5.74) is -0.176. The second-order valence-corrected chi connectivity index (χ2v) is 7.26. The van der Waals surface area contributed by atoms with Crippen molar-refractivity contribution in [2.45, 2.75) is 66.1 Å². The van der Waals surface area contributed by atoms with Gasteiger partial charge in [0.25, 0.3) is 5.91 Å². The maximum Gasteiger partial charge on any atom is 0.341 e. The molecule has 2 atom stereocenters. The Morgan fingerprint density at radius 3 is 2.37 bits per heavy atom. The molecule has 27 heavy (non-hydrogen) atoms. The van der Waals surface area contributed by atoms with Gasteiger partial charge in [0.2, 0.25) is 0 Å². The van der Waals surface area contributed by atoms with Crippen molar-refractivity contribution in [2.24, 2.45) is 5.92 Å². The Morgan fingerprint density at radius 2 is 1.85 bits per heavy atom. The Bertz CT molecular complexity index is 643. The van der Waals surface area contributed by atoms with Crippen molar-refractivity contribution in [3.63, 3.8) is 0 Å². The van der Waals surface area contributed by atoms with E-state index in [0.29, 0.717) is 30.4 Å². The van der Waals surface area contributed by atoms with Gasteiger partial charge >= 0.3 is 5.97 Å². The maximum absolute atomic E-state index is 12.8. The van der Waals surface area contributed by atoms with Gasteiger partial charge in [-0.25, -0.2) is 4.79 Å². The molecule has 0 radical (unpaired) electrons. The quantitative estimate of drug-likeness (QED) is 0.609. The van der Waals surface area contributed by atoms with Crippen LogP contribution >= 0.6 is 0 Å². The minimum absolute atomic E-state index is 0.0406. The highest BCUT2D eigenvalue weighted by molar-refractivity contribution is 5.99. The highest BCUT2D eigenvalue weighted by Crippen LogP contribution is 2.28. The molecule has 1 rings (SSSR count). The van der Waals surface area contributed by atoms with Crippen LogP contribution in [-0.2, 0) is 14.3 Å². The average Bonchev–Trinajstić information content (AvgIpc) is 2.61. The maximum atomic E-state index is 12.8. The molecule has 0 aliphatic carbocycles. The van der Waals surface area contributed by atoms with E-state index in [2.05, 4.69) is 5.32 Å². The van der Waals surface area contributed by atoms with E-state index in [0.717, 1.165) is 6.42 Å². The molecule has 1 N–H and O–H groups in total. The molecule has 0 aliphatic rings. The number of rotatable bonds is 10. The van der Waals surface area contributed by atoms with Crippen molar-refractivity contribution in [3.8, 4) is 5.75 Å². The molecule has 0 heterocycles. The summed E-state index contributed by atoms with van der Waals surface area (Å²) < 4.78 is 16.4. The van der Waals surface area contributed by atoms with Gasteiger partial charge in [-0.2, -0.15) is 0 Å². The number of hydrogen-bond acceptors (Lipinski definition) is 5. The van der Waals surface area contributed by atoms with Gasteiger partial charge in [0, 0.05) is 12.3 Å². The molecule has 1 aromatic rings. The predicted octanol–water partition coefficient (Wildman–Crippen LogP) is 4.43. The molecule has 152 valence electrons. The monoisotopic (exact) mass is 379 g/mol. The van der Waals surface area contributed by atoms with Crippen LogP contribution in [0.3, 0.4) is 0 Å². The molecule has 0 fully saturated rings. The molecule has 0 bridgehead atoms. The number of ether oxygens (including phenoxy) is 3. The molecule has 0 spiro atoms. The summed E-state index contributed by atoms with van der Waals surface area (Å²) in [7, 11) is 1.31. The van der Waals surface area contributed by atoms with Crippen LogP contribution in [0.4, 0.5) is 5.69 Å². The van der Waals surface area contributed by atoms with Crippen molar-refractivity contribution in [1.82, 2.24) is 0 Å². The summed E-state index contributed by atoms with van der Waals surface area (Å²) in [6.07, 6.45) is 1.35. The lowest BCUT2D eigenvalue weighted by atomic mass is 9.93. The molecule has 6 nitrogen and oxygen atoms in total. The minimum atomic E-state index is -0.944. The third-order valence-corrected chi connectivity index (χ3v) is 4.29. The second kappa shape index (κ2) is 10.3. The Morgan fingerprint density at radius 1 is 1.19 bits per heavy atom. The van der Waals surface area contributed by atoms with Crippen molar-refractivity contribution in [1.29, 1.82) is 0 Å². The number of nitrogens with one attached hydrogen (secondary N) is 1. The lowest BCUT2D eigenvalue weighted by molar-refractivity contribution is -0.140. The molecule has 0 aromatic heterocycles. The number of amides is 1. The van der Waals surface area contributed by atoms with Gasteiger partial charge < -0.3 is 19.5 Å². The van der Waals surface area contributed by atoms with Crippen molar-refractivity contribution < 1.29 is 23.8 Å². The van der Waals surface area contributed by atoms with Gasteiger partial charge in [-0.1, -0.05) is 20.8 Å². The average molecular weight is 379 g/mol. The fraction of sp³-hybridized carbons (Fsp3) is 0.619. The Balaban J connectivity index is 3.12. The van der Waals surface area contributed by atoms with E-state index in [-0.39, 0.29) is 17.6 Å².